The number of carbonyl (C=O) groups is 1. The van der Waals surface area contributed by atoms with Gasteiger partial charge in [0.05, 0.1) is 11.3 Å². The third-order valence-corrected chi connectivity index (χ3v) is 5.80. The van der Waals surface area contributed by atoms with E-state index in [-0.39, 0.29) is 23.4 Å². The summed E-state index contributed by atoms with van der Waals surface area (Å²) in [6.45, 7) is 0.261. The number of nitrogens with one attached hydrogen (secondary N) is 1. The van der Waals surface area contributed by atoms with Crippen molar-refractivity contribution in [2.75, 3.05) is 5.75 Å². The van der Waals surface area contributed by atoms with E-state index >= 15 is 0 Å². The van der Waals surface area contributed by atoms with Gasteiger partial charge in [-0.15, -0.1) is 0 Å². The minimum atomic E-state index is -1.14. The summed E-state index contributed by atoms with van der Waals surface area (Å²) in [7, 11) is 0. The molecule has 2 aromatic rings. The number of phenolic OH excluding ortho intramolecular Hbond substituents is 2. The van der Waals surface area contributed by atoms with Crippen LogP contribution >= 0.6 is 23.4 Å². The fourth-order valence-electron chi connectivity index (χ4n) is 2.94. The lowest BCUT2D eigenvalue weighted by Gasteiger charge is -2.27. The second-order valence-corrected chi connectivity index (χ2v) is 7.24. The molecule has 0 amide bonds. The van der Waals surface area contributed by atoms with E-state index in [1.54, 1.807) is 36.4 Å². The van der Waals surface area contributed by atoms with E-state index in [0.29, 0.717) is 26.8 Å². The summed E-state index contributed by atoms with van der Waals surface area (Å²) in [5, 5.41) is 31.9. The number of thioether (sulfide) groups is 1. The van der Waals surface area contributed by atoms with Gasteiger partial charge < -0.3 is 25.0 Å². The van der Waals surface area contributed by atoms with Crippen LogP contribution in [-0.2, 0) is 11.3 Å². The zero-order chi connectivity index (χ0) is 17.3. The van der Waals surface area contributed by atoms with Crippen LogP contribution in [-0.4, -0.2) is 28.0 Å². The SMILES string of the molecule is O=C([O-])[C@@H]1CS[C@H](c2ccccc2O)[NH+]1Cc1cc(Cl)ccc1O. The highest BCUT2D eigenvalue weighted by Gasteiger charge is 2.41. The molecule has 3 atom stereocenters. The number of hydrogen-bond donors (Lipinski definition) is 3. The molecule has 1 saturated heterocycles. The Labute approximate surface area is 148 Å². The monoisotopic (exact) mass is 365 g/mol. The lowest BCUT2D eigenvalue weighted by molar-refractivity contribution is -0.940. The maximum absolute atomic E-state index is 11.5. The summed E-state index contributed by atoms with van der Waals surface area (Å²) in [5.41, 5.74) is 1.23. The molecule has 0 bridgehead atoms. The molecule has 1 aliphatic heterocycles. The first-order valence-corrected chi connectivity index (χ1v) is 8.83. The summed E-state index contributed by atoms with van der Waals surface area (Å²) >= 11 is 7.44. The van der Waals surface area contributed by atoms with Crippen molar-refractivity contribution in [3.8, 4) is 11.5 Å². The van der Waals surface area contributed by atoms with Gasteiger partial charge >= 0.3 is 0 Å². The van der Waals surface area contributed by atoms with Gasteiger partial charge in [0.15, 0.2) is 5.37 Å². The summed E-state index contributed by atoms with van der Waals surface area (Å²) in [5.74, 6) is -0.575. The van der Waals surface area contributed by atoms with Gasteiger partial charge in [-0.2, -0.15) is 0 Å². The van der Waals surface area contributed by atoms with Crippen LogP contribution in [0.5, 0.6) is 11.5 Å². The lowest BCUT2D eigenvalue weighted by Crippen LogP contribution is -3.14. The van der Waals surface area contributed by atoms with Crippen LogP contribution in [0.4, 0.5) is 0 Å². The number of rotatable bonds is 4. The molecule has 2 aromatic carbocycles. The number of carboxylic acids is 1. The van der Waals surface area contributed by atoms with Crippen molar-refractivity contribution in [3.05, 3.63) is 58.6 Å². The molecule has 5 nitrogen and oxygen atoms in total. The highest BCUT2D eigenvalue weighted by molar-refractivity contribution is 7.99. The van der Waals surface area contributed by atoms with Crippen LogP contribution in [0.3, 0.4) is 0 Å². The first kappa shape index (κ1) is 17.0. The van der Waals surface area contributed by atoms with Gasteiger partial charge in [0.25, 0.3) is 0 Å². The van der Waals surface area contributed by atoms with Gasteiger partial charge in [-0.05, 0) is 30.3 Å². The predicted molar refractivity (Wildman–Crippen MR) is 89.9 cm³/mol. The normalized spacial score (nSPS) is 23.3. The molecule has 0 aromatic heterocycles. The maximum atomic E-state index is 11.5. The second-order valence-electron chi connectivity index (χ2n) is 5.67. The Kier molecular flexibility index (Phi) is 4.89. The number of para-hydroxylation sites is 1. The molecule has 1 heterocycles. The number of aliphatic carboxylic acids is 1. The van der Waals surface area contributed by atoms with Crippen molar-refractivity contribution in [3.63, 3.8) is 0 Å². The fraction of sp³-hybridized carbons (Fsp3) is 0.235. The minimum absolute atomic E-state index is 0.0666. The molecule has 24 heavy (non-hydrogen) atoms. The van der Waals surface area contributed by atoms with Gasteiger partial charge in [0, 0.05) is 10.6 Å². The van der Waals surface area contributed by atoms with Crippen molar-refractivity contribution < 1.29 is 25.0 Å². The summed E-state index contributed by atoms with van der Waals surface area (Å²) < 4.78 is 0. The molecule has 0 radical (unpaired) electrons. The van der Waals surface area contributed by atoms with Crippen LogP contribution in [0, 0.1) is 0 Å². The largest absolute Gasteiger partial charge is 0.544 e. The highest BCUT2D eigenvalue weighted by atomic mass is 35.5. The van der Waals surface area contributed by atoms with Gasteiger partial charge in [0.2, 0.25) is 0 Å². The number of hydrogen-bond acceptors (Lipinski definition) is 5. The average molecular weight is 366 g/mol. The summed E-state index contributed by atoms with van der Waals surface area (Å²) in [4.78, 5) is 12.2. The zero-order valence-corrected chi connectivity index (χ0v) is 14.2. The van der Waals surface area contributed by atoms with E-state index in [9.17, 15) is 20.1 Å². The Morgan fingerprint density at radius 2 is 2.00 bits per heavy atom. The van der Waals surface area contributed by atoms with Crippen LogP contribution in [0.25, 0.3) is 0 Å². The second kappa shape index (κ2) is 6.93. The maximum Gasteiger partial charge on any atom is 0.165 e. The first-order valence-electron chi connectivity index (χ1n) is 7.40. The number of aromatic hydroxyl groups is 2. The van der Waals surface area contributed by atoms with Gasteiger partial charge in [-0.1, -0.05) is 35.5 Å². The topological polar surface area (TPSA) is 85.0 Å². The smallest absolute Gasteiger partial charge is 0.165 e. The number of benzene rings is 2. The number of phenols is 2. The van der Waals surface area contributed by atoms with Crippen LogP contribution in [0.2, 0.25) is 5.02 Å². The van der Waals surface area contributed by atoms with Crippen molar-refractivity contribution >= 4 is 29.3 Å². The Bertz CT molecular complexity index is 770. The Hall–Kier alpha value is -1.89. The molecule has 1 aliphatic rings. The Balaban J connectivity index is 1.96. The molecule has 0 saturated carbocycles. The van der Waals surface area contributed by atoms with E-state index in [1.807, 2.05) is 0 Å². The van der Waals surface area contributed by atoms with Crippen LogP contribution < -0.4 is 10.0 Å². The average Bonchev–Trinajstić information content (AvgIpc) is 2.95. The van der Waals surface area contributed by atoms with Crippen LogP contribution in [0.1, 0.15) is 16.5 Å². The Morgan fingerprint density at radius 1 is 1.25 bits per heavy atom. The lowest BCUT2D eigenvalue weighted by atomic mass is 10.1. The molecule has 126 valence electrons. The molecule has 3 rings (SSSR count). The third kappa shape index (κ3) is 3.31. The van der Waals surface area contributed by atoms with E-state index in [1.165, 1.54) is 17.8 Å². The standard InChI is InChI=1S/C17H16ClNO4S/c18-11-5-6-14(20)10(7-11)8-19-13(17(22)23)9-24-16(19)12-3-1-2-4-15(12)21/h1-7,13,16,20-21H,8-9H2,(H,22,23)/t13-,16+/m0/s1. The summed E-state index contributed by atoms with van der Waals surface area (Å²) in [6.07, 6.45) is 0. The number of carbonyl (C=O) groups excluding carboxylic acids is 1. The quantitative estimate of drug-likeness (QED) is 0.742. The van der Waals surface area contributed by atoms with Crippen LogP contribution in [0.15, 0.2) is 42.5 Å². The van der Waals surface area contributed by atoms with Crippen molar-refractivity contribution in [2.24, 2.45) is 0 Å². The van der Waals surface area contributed by atoms with Crippen molar-refractivity contribution in [2.45, 2.75) is 18.0 Å². The minimum Gasteiger partial charge on any atom is -0.544 e. The Morgan fingerprint density at radius 3 is 2.71 bits per heavy atom. The van der Waals surface area contributed by atoms with Crippen molar-refractivity contribution in [1.29, 1.82) is 0 Å². The van der Waals surface area contributed by atoms with Gasteiger partial charge in [-0.3, -0.25) is 0 Å². The highest BCUT2D eigenvalue weighted by Crippen LogP contribution is 2.34. The van der Waals surface area contributed by atoms with Gasteiger partial charge in [-0.25, -0.2) is 0 Å². The molecule has 1 unspecified atom stereocenters. The zero-order valence-electron chi connectivity index (χ0n) is 12.6. The molecule has 0 aliphatic carbocycles. The van der Waals surface area contributed by atoms with Crippen molar-refractivity contribution in [1.82, 2.24) is 0 Å². The van der Waals surface area contributed by atoms with E-state index in [4.69, 9.17) is 11.6 Å². The van der Waals surface area contributed by atoms with E-state index in [0.717, 1.165) is 0 Å². The molecular weight excluding hydrogens is 350 g/mol. The van der Waals surface area contributed by atoms with Gasteiger partial charge in [0.1, 0.15) is 30.1 Å². The first-order chi connectivity index (χ1) is 11.5. The fourth-order valence-corrected chi connectivity index (χ4v) is 4.71. The number of carboxylic acid groups (broad SMARTS) is 1. The molecule has 7 heteroatoms. The molecule has 1 fully saturated rings. The van der Waals surface area contributed by atoms with E-state index < -0.39 is 12.0 Å². The number of halogens is 1. The molecule has 3 N–H and O–H groups in total. The predicted octanol–water partition coefficient (Wildman–Crippen LogP) is 0.700. The molecule has 0 spiro atoms. The van der Waals surface area contributed by atoms with E-state index in [2.05, 4.69) is 0 Å². The third-order valence-electron chi connectivity index (χ3n) is 4.15. The summed E-state index contributed by atoms with van der Waals surface area (Å²) in [6, 6.07) is 10.8. The number of quaternary nitrogens is 1. The molecular formula is C17H16ClNO4S.